The first-order valence-electron chi connectivity index (χ1n) is 7.16. The second-order valence-electron chi connectivity index (χ2n) is 5.31. The largest absolute Gasteiger partial charge is 0.481 e. The van der Waals surface area contributed by atoms with Crippen LogP contribution in [0.25, 0.3) is 10.9 Å². The first-order chi connectivity index (χ1) is 11.1. The number of carbonyl (C=O) groups is 2. The maximum Gasteiger partial charge on any atom is 0.305 e. The third-order valence-electron chi connectivity index (χ3n) is 3.71. The number of fused-ring (bicyclic) bond motifs is 1. The molecule has 2 N–H and O–H groups in total. The van der Waals surface area contributed by atoms with Crippen LogP contribution in [0.1, 0.15) is 27.7 Å². The van der Waals surface area contributed by atoms with Gasteiger partial charge in [-0.25, -0.2) is 0 Å². The Morgan fingerprint density at radius 1 is 1.26 bits per heavy atom. The standard InChI is InChI=1S/C17H16N2O3S/c1-19-10-12(11-5-2-3-6-14(11)19)17(22)18-13(9-16(20)21)15-7-4-8-23-15/h2-8,10,13H,9H2,1H3,(H,18,22)(H,20,21). The third-order valence-corrected chi connectivity index (χ3v) is 4.70. The van der Waals surface area contributed by atoms with Gasteiger partial charge in [-0.1, -0.05) is 24.3 Å². The summed E-state index contributed by atoms with van der Waals surface area (Å²) >= 11 is 1.44. The van der Waals surface area contributed by atoms with E-state index in [2.05, 4.69) is 5.32 Å². The zero-order valence-electron chi connectivity index (χ0n) is 12.5. The number of rotatable bonds is 5. The summed E-state index contributed by atoms with van der Waals surface area (Å²) in [6, 6.07) is 10.8. The highest BCUT2D eigenvalue weighted by molar-refractivity contribution is 7.10. The summed E-state index contributed by atoms with van der Waals surface area (Å²) in [4.78, 5) is 24.6. The van der Waals surface area contributed by atoms with E-state index in [1.807, 2.05) is 53.4 Å². The molecule has 0 aliphatic heterocycles. The summed E-state index contributed by atoms with van der Waals surface area (Å²) in [5.41, 5.74) is 1.51. The summed E-state index contributed by atoms with van der Waals surface area (Å²) in [6.45, 7) is 0. The van der Waals surface area contributed by atoms with Gasteiger partial charge >= 0.3 is 5.97 Å². The summed E-state index contributed by atoms with van der Waals surface area (Å²) in [7, 11) is 1.88. The zero-order chi connectivity index (χ0) is 16.4. The number of para-hydroxylation sites is 1. The molecule has 0 aliphatic carbocycles. The molecule has 3 aromatic rings. The van der Waals surface area contributed by atoms with Crippen molar-refractivity contribution in [3.8, 4) is 0 Å². The number of nitrogens with zero attached hydrogens (tertiary/aromatic N) is 1. The Kier molecular flexibility index (Phi) is 4.16. The molecular weight excluding hydrogens is 312 g/mol. The molecule has 1 amide bonds. The van der Waals surface area contributed by atoms with E-state index in [1.54, 1.807) is 6.20 Å². The number of thiophene rings is 1. The van der Waals surface area contributed by atoms with E-state index in [1.165, 1.54) is 11.3 Å². The van der Waals surface area contributed by atoms with Crippen molar-refractivity contribution in [3.63, 3.8) is 0 Å². The third kappa shape index (κ3) is 3.12. The summed E-state index contributed by atoms with van der Waals surface area (Å²) in [5, 5.41) is 14.7. The van der Waals surface area contributed by atoms with Crippen LogP contribution in [0.5, 0.6) is 0 Å². The number of benzene rings is 1. The highest BCUT2D eigenvalue weighted by Crippen LogP contribution is 2.25. The van der Waals surface area contributed by atoms with Gasteiger partial charge in [0.05, 0.1) is 18.0 Å². The average Bonchev–Trinajstić information content (AvgIpc) is 3.15. The van der Waals surface area contributed by atoms with Gasteiger partial charge in [-0.2, -0.15) is 0 Å². The van der Waals surface area contributed by atoms with E-state index in [9.17, 15) is 9.59 Å². The number of nitrogens with one attached hydrogen (secondary N) is 1. The molecule has 0 spiro atoms. The van der Waals surface area contributed by atoms with Crippen molar-refractivity contribution >= 4 is 34.1 Å². The normalized spacial score (nSPS) is 12.2. The predicted octanol–water partition coefficient (Wildman–Crippen LogP) is 3.19. The molecule has 0 fully saturated rings. The molecule has 0 bridgehead atoms. The fourth-order valence-electron chi connectivity index (χ4n) is 2.65. The van der Waals surface area contributed by atoms with Crippen LogP contribution in [-0.4, -0.2) is 21.6 Å². The van der Waals surface area contributed by atoms with Crippen LogP contribution in [-0.2, 0) is 11.8 Å². The van der Waals surface area contributed by atoms with Gasteiger partial charge < -0.3 is 15.0 Å². The molecule has 2 heterocycles. The van der Waals surface area contributed by atoms with E-state index in [0.717, 1.165) is 15.8 Å². The van der Waals surface area contributed by atoms with E-state index in [-0.39, 0.29) is 12.3 Å². The van der Waals surface area contributed by atoms with Crippen LogP contribution in [0.2, 0.25) is 0 Å². The summed E-state index contributed by atoms with van der Waals surface area (Å²) in [6.07, 6.45) is 1.63. The lowest BCUT2D eigenvalue weighted by atomic mass is 10.1. The number of aryl methyl sites for hydroxylation is 1. The number of carboxylic acids is 1. The van der Waals surface area contributed by atoms with Crippen LogP contribution in [0.15, 0.2) is 48.0 Å². The SMILES string of the molecule is Cn1cc(C(=O)NC(CC(=O)O)c2cccs2)c2ccccc21. The van der Waals surface area contributed by atoms with Crippen LogP contribution >= 0.6 is 11.3 Å². The van der Waals surface area contributed by atoms with Gasteiger partial charge in [0, 0.05) is 29.0 Å². The molecule has 0 saturated heterocycles. The minimum atomic E-state index is -0.943. The number of hydrogen-bond acceptors (Lipinski definition) is 3. The maximum atomic E-state index is 12.6. The number of aliphatic carboxylic acids is 1. The molecule has 5 nitrogen and oxygen atoms in total. The molecule has 2 aromatic heterocycles. The fraction of sp³-hybridized carbons (Fsp3) is 0.176. The lowest BCUT2D eigenvalue weighted by Crippen LogP contribution is -2.29. The van der Waals surface area contributed by atoms with Crippen LogP contribution in [0, 0.1) is 0 Å². The highest BCUT2D eigenvalue weighted by Gasteiger charge is 2.21. The first kappa shape index (κ1) is 15.3. The van der Waals surface area contributed by atoms with Crippen molar-refractivity contribution in [2.45, 2.75) is 12.5 Å². The van der Waals surface area contributed by atoms with Crippen LogP contribution in [0.3, 0.4) is 0 Å². The molecule has 1 unspecified atom stereocenters. The summed E-state index contributed by atoms with van der Waals surface area (Å²) in [5.74, 6) is -1.21. The highest BCUT2D eigenvalue weighted by atomic mass is 32.1. The van der Waals surface area contributed by atoms with Crippen molar-refractivity contribution in [2.75, 3.05) is 0 Å². The quantitative estimate of drug-likeness (QED) is 0.755. The average molecular weight is 328 g/mol. The number of carboxylic acid groups (broad SMARTS) is 1. The molecule has 23 heavy (non-hydrogen) atoms. The van der Waals surface area contributed by atoms with Crippen molar-refractivity contribution < 1.29 is 14.7 Å². The first-order valence-corrected chi connectivity index (χ1v) is 8.04. The smallest absolute Gasteiger partial charge is 0.305 e. The monoisotopic (exact) mass is 328 g/mol. The molecule has 118 valence electrons. The van der Waals surface area contributed by atoms with E-state index in [4.69, 9.17) is 5.11 Å². The van der Waals surface area contributed by atoms with Gasteiger partial charge in [0.2, 0.25) is 0 Å². The molecule has 6 heteroatoms. The Bertz CT molecular complexity index is 852. The van der Waals surface area contributed by atoms with Gasteiger partial charge in [-0.15, -0.1) is 11.3 Å². The van der Waals surface area contributed by atoms with Crippen molar-refractivity contribution in [3.05, 3.63) is 58.4 Å². The van der Waals surface area contributed by atoms with Gasteiger partial charge in [-0.3, -0.25) is 9.59 Å². The van der Waals surface area contributed by atoms with E-state index in [0.29, 0.717) is 5.56 Å². The number of hydrogen-bond donors (Lipinski definition) is 2. The van der Waals surface area contributed by atoms with Crippen molar-refractivity contribution in [1.82, 2.24) is 9.88 Å². The van der Waals surface area contributed by atoms with Gasteiger partial charge in [0.15, 0.2) is 0 Å². The zero-order valence-corrected chi connectivity index (χ0v) is 13.3. The Hall–Kier alpha value is -2.60. The molecule has 1 aromatic carbocycles. The maximum absolute atomic E-state index is 12.6. The van der Waals surface area contributed by atoms with Gasteiger partial charge in [0.25, 0.3) is 5.91 Å². The minimum absolute atomic E-state index is 0.142. The van der Waals surface area contributed by atoms with Crippen molar-refractivity contribution in [2.24, 2.45) is 7.05 Å². The van der Waals surface area contributed by atoms with Crippen LogP contribution in [0.4, 0.5) is 0 Å². The lowest BCUT2D eigenvalue weighted by molar-refractivity contribution is -0.137. The molecule has 0 saturated carbocycles. The number of aromatic nitrogens is 1. The molecule has 1 atom stereocenters. The fourth-order valence-corrected chi connectivity index (χ4v) is 3.42. The second-order valence-corrected chi connectivity index (χ2v) is 6.29. The Morgan fingerprint density at radius 3 is 2.74 bits per heavy atom. The molecule has 0 aliphatic rings. The lowest BCUT2D eigenvalue weighted by Gasteiger charge is -2.15. The topological polar surface area (TPSA) is 71.3 Å². The van der Waals surface area contributed by atoms with E-state index >= 15 is 0 Å². The minimum Gasteiger partial charge on any atom is -0.481 e. The van der Waals surface area contributed by atoms with Crippen molar-refractivity contribution in [1.29, 1.82) is 0 Å². The second kappa shape index (κ2) is 6.26. The summed E-state index contributed by atoms with van der Waals surface area (Å²) < 4.78 is 1.89. The van der Waals surface area contributed by atoms with Crippen LogP contribution < -0.4 is 5.32 Å². The Balaban J connectivity index is 1.90. The van der Waals surface area contributed by atoms with E-state index < -0.39 is 12.0 Å². The number of amides is 1. The molecule has 3 rings (SSSR count). The molecule has 0 radical (unpaired) electrons. The number of carbonyl (C=O) groups excluding carboxylic acids is 1. The Morgan fingerprint density at radius 2 is 2.04 bits per heavy atom. The molecular formula is C17H16N2O3S. The Labute approximate surface area is 137 Å². The van der Waals surface area contributed by atoms with Gasteiger partial charge in [-0.05, 0) is 17.5 Å². The van der Waals surface area contributed by atoms with Gasteiger partial charge in [0.1, 0.15) is 0 Å². The predicted molar refractivity (Wildman–Crippen MR) is 89.7 cm³/mol.